The lowest BCUT2D eigenvalue weighted by Gasteiger charge is -2.20. The molecule has 0 saturated carbocycles. The SMILES string of the molecule is C=CCN(CC=C)c1ccc([C@@H](C)O)cn1. The number of anilines is 1. The van der Waals surface area contributed by atoms with Gasteiger partial charge in [0.15, 0.2) is 0 Å². The highest BCUT2D eigenvalue weighted by molar-refractivity contribution is 5.41. The van der Waals surface area contributed by atoms with Crippen molar-refractivity contribution in [3.63, 3.8) is 0 Å². The molecular weight excluding hydrogens is 200 g/mol. The van der Waals surface area contributed by atoms with Crippen LogP contribution in [0.1, 0.15) is 18.6 Å². The third kappa shape index (κ3) is 3.21. The molecule has 0 saturated heterocycles. The van der Waals surface area contributed by atoms with Crippen molar-refractivity contribution in [1.29, 1.82) is 0 Å². The summed E-state index contributed by atoms with van der Waals surface area (Å²) in [6.45, 7) is 10.6. The van der Waals surface area contributed by atoms with Crippen molar-refractivity contribution in [2.24, 2.45) is 0 Å². The molecule has 1 aromatic rings. The predicted octanol–water partition coefficient (Wildman–Crippen LogP) is 2.31. The fourth-order valence-corrected chi connectivity index (χ4v) is 1.40. The molecule has 1 rings (SSSR count). The quantitative estimate of drug-likeness (QED) is 0.744. The van der Waals surface area contributed by atoms with Crippen LogP contribution >= 0.6 is 0 Å². The molecule has 3 heteroatoms. The molecule has 0 unspecified atom stereocenters. The van der Waals surface area contributed by atoms with E-state index >= 15 is 0 Å². The van der Waals surface area contributed by atoms with Gasteiger partial charge in [0.1, 0.15) is 5.82 Å². The van der Waals surface area contributed by atoms with Gasteiger partial charge in [0.25, 0.3) is 0 Å². The van der Waals surface area contributed by atoms with E-state index in [-0.39, 0.29) is 0 Å². The van der Waals surface area contributed by atoms with E-state index in [1.54, 1.807) is 13.1 Å². The van der Waals surface area contributed by atoms with E-state index in [0.29, 0.717) is 0 Å². The van der Waals surface area contributed by atoms with Crippen LogP contribution in [0.4, 0.5) is 5.82 Å². The standard InChI is InChI=1S/C13H18N2O/c1-4-8-15(9-5-2)13-7-6-12(10-14-13)11(3)16/h4-7,10-11,16H,1-2,8-9H2,3H3/t11-/m1/s1. The van der Waals surface area contributed by atoms with Gasteiger partial charge in [0, 0.05) is 19.3 Å². The minimum absolute atomic E-state index is 0.478. The van der Waals surface area contributed by atoms with Gasteiger partial charge in [-0.25, -0.2) is 4.98 Å². The van der Waals surface area contributed by atoms with Crippen molar-refractivity contribution in [1.82, 2.24) is 4.98 Å². The Labute approximate surface area is 96.7 Å². The second-order valence-electron chi connectivity index (χ2n) is 3.61. The van der Waals surface area contributed by atoms with Gasteiger partial charge < -0.3 is 10.0 Å². The first kappa shape index (κ1) is 12.5. The Morgan fingerprint density at radius 2 is 2.00 bits per heavy atom. The van der Waals surface area contributed by atoms with Crippen LogP contribution in [0.2, 0.25) is 0 Å². The average molecular weight is 218 g/mol. The molecule has 0 aliphatic carbocycles. The summed E-state index contributed by atoms with van der Waals surface area (Å²) in [5.41, 5.74) is 0.820. The molecule has 0 bridgehead atoms. The fraction of sp³-hybridized carbons (Fsp3) is 0.308. The Bertz CT molecular complexity index is 333. The van der Waals surface area contributed by atoms with Gasteiger partial charge in [-0.1, -0.05) is 18.2 Å². The monoisotopic (exact) mass is 218 g/mol. The van der Waals surface area contributed by atoms with Crippen molar-refractivity contribution >= 4 is 5.82 Å². The smallest absolute Gasteiger partial charge is 0.129 e. The van der Waals surface area contributed by atoms with E-state index < -0.39 is 6.10 Å². The van der Waals surface area contributed by atoms with Gasteiger partial charge in [-0.15, -0.1) is 13.2 Å². The van der Waals surface area contributed by atoms with Crippen LogP contribution in [0.3, 0.4) is 0 Å². The van der Waals surface area contributed by atoms with Crippen LogP contribution in [0.5, 0.6) is 0 Å². The summed E-state index contributed by atoms with van der Waals surface area (Å²) in [4.78, 5) is 6.36. The van der Waals surface area contributed by atoms with Crippen molar-refractivity contribution in [3.8, 4) is 0 Å². The first-order valence-electron chi connectivity index (χ1n) is 5.29. The molecule has 0 spiro atoms. The third-order valence-electron chi connectivity index (χ3n) is 2.28. The van der Waals surface area contributed by atoms with Gasteiger partial charge in [0.2, 0.25) is 0 Å². The molecule has 0 aliphatic heterocycles. The number of hydrogen-bond acceptors (Lipinski definition) is 3. The summed E-state index contributed by atoms with van der Waals surface area (Å²) in [5.74, 6) is 0.865. The normalized spacial score (nSPS) is 11.9. The average Bonchev–Trinajstić information content (AvgIpc) is 2.29. The van der Waals surface area contributed by atoms with E-state index in [2.05, 4.69) is 18.1 Å². The van der Waals surface area contributed by atoms with Gasteiger partial charge in [-0.2, -0.15) is 0 Å². The number of nitrogens with zero attached hydrogens (tertiary/aromatic N) is 2. The highest BCUT2D eigenvalue weighted by atomic mass is 16.3. The van der Waals surface area contributed by atoms with Crippen LogP contribution in [0, 0.1) is 0 Å². The van der Waals surface area contributed by atoms with Crippen LogP contribution in [-0.4, -0.2) is 23.2 Å². The molecule has 1 atom stereocenters. The number of hydrogen-bond donors (Lipinski definition) is 1. The molecule has 0 aliphatic rings. The zero-order valence-electron chi connectivity index (χ0n) is 9.63. The molecule has 3 nitrogen and oxygen atoms in total. The summed E-state index contributed by atoms with van der Waals surface area (Å²) in [6, 6.07) is 3.78. The lowest BCUT2D eigenvalue weighted by atomic mass is 10.2. The maximum atomic E-state index is 9.37. The van der Waals surface area contributed by atoms with E-state index in [1.165, 1.54) is 0 Å². The summed E-state index contributed by atoms with van der Waals surface area (Å²) in [7, 11) is 0. The van der Waals surface area contributed by atoms with Crippen molar-refractivity contribution in [2.45, 2.75) is 13.0 Å². The highest BCUT2D eigenvalue weighted by Gasteiger charge is 2.06. The molecule has 0 fully saturated rings. The lowest BCUT2D eigenvalue weighted by molar-refractivity contribution is 0.199. The van der Waals surface area contributed by atoms with Crippen molar-refractivity contribution in [2.75, 3.05) is 18.0 Å². The molecule has 0 amide bonds. The molecule has 1 heterocycles. The Morgan fingerprint density at radius 3 is 2.38 bits per heavy atom. The largest absolute Gasteiger partial charge is 0.389 e. The molecule has 0 aromatic carbocycles. The van der Waals surface area contributed by atoms with Gasteiger partial charge in [-0.05, 0) is 18.6 Å². The highest BCUT2D eigenvalue weighted by Crippen LogP contribution is 2.15. The van der Waals surface area contributed by atoms with Crippen molar-refractivity contribution in [3.05, 3.63) is 49.2 Å². The molecule has 0 radical (unpaired) electrons. The molecule has 86 valence electrons. The number of pyridine rings is 1. The maximum absolute atomic E-state index is 9.37. The summed E-state index contributed by atoms with van der Waals surface area (Å²) in [6.07, 6.45) is 4.87. The van der Waals surface area contributed by atoms with Gasteiger partial charge >= 0.3 is 0 Å². The number of rotatable bonds is 6. The first-order valence-corrected chi connectivity index (χ1v) is 5.29. The minimum atomic E-state index is -0.478. The maximum Gasteiger partial charge on any atom is 0.129 e. The van der Waals surface area contributed by atoms with E-state index in [1.807, 2.05) is 29.2 Å². The Hall–Kier alpha value is -1.61. The first-order chi connectivity index (χ1) is 7.69. The van der Waals surface area contributed by atoms with Crippen LogP contribution < -0.4 is 4.90 Å². The number of aliphatic hydroxyl groups is 1. The van der Waals surface area contributed by atoms with Crippen LogP contribution in [0.15, 0.2) is 43.6 Å². The van der Waals surface area contributed by atoms with E-state index in [9.17, 15) is 5.11 Å². The topological polar surface area (TPSA) is 36.4 Å². The summed E-state index contributed by atoms with van der Waals surface area (Å²) in [5, 5.41) is 9.37. The van der Waals surface area contributed by atoms with E-state index in [0.717, 1.165) is 24.5 Å². The molecular formula is C13H18N2O. The van der Waals surface area contributed by atoms with Crippen molar-refractivity contribution < 1.29 is 5.11 Å². The Morgan fingerprint density at radius 1 is 1.38 bits per heavy atom. The second kappa shape index (κ2) is 6.08. The Balaban J connectivity index is 2.84. The molecule has 16 heavy (non-hydrogen) atoms. The lowest BCUT2D eigenvalue weighted by Crippen LogP contribution is -2.24. The van der Waals surface area contributed by atoms with Crippen LogP contribution in [-0.2, 0) is 0 Å². The van der Waals surface area contributed by atoms with Gasteiger partial charge in [-0.3, -0.25) is 0 Å². The number of aromatic nitrogens is 1. The van der Waals surface area contributed by atoms with Crippen LogP contribution in [0.25, 0.3) is 0 Å². The van der Waals surface area contributed by atoms with Gasteiger partial charge in [0.05, 0.1) is 6.10 Å². The van der Waals surface area contributed by atoms with E-state index in [4.69, 9.17) is 0 Å². The third-order valence-corrected chi connectivity index (χ3v) is 2.28. The zero-order valence-corrected chi connectivity index (χ0v) is 9.63. The minimum Gasteiger partial charge on any atom is -0.389 e. The summed E-state index contributed by atoms with van der Waals surface area (Å²) < 4.78 is 0. The number of aliphatic hydroxyl groups excluding tert-OH is 1. The fourth-order valence-electron chi connectivity index (χ4n) is 1.40. The zero-order chi connectivity index (χ0) is 12.0. The predicted molar refractivity (Wildman–Crippen MR) is 67.5 cm³/mol. The molecule has 1 aromatic heterocycles. The summed E-state index contributed by atoms with van der Waals surface area (Å²) >= 11 is 0. The second-order valence-corrected chi connectivity index (χ2v) is 3.61. The molecule has 1 N–H and O–H groups in total. The Kier molecular flexibility index (Phi) is 4.73.